The summed E-state index contributed by atoms with van der Waals surface area (Å²) >= 11 is 0. The van der Waals surface area contributed by atoms with E-state index in [2.05, 4.69) is 5.32 Å². The van der Waals surface area contributed by atoms with Gasteiger partial charge in [0.2, 0.25) is 0 Å². The molecule has 1 aliphatic rings. The summed E-state index contributed by atoms with van der Waals surface area (Å²) in [5, 5.41) is 13.5. The van der Waals surface area contributed by atoms with Crippen molar-refractivity contribution in [2.24, 2.45) is 0 Å². The van der Waals surface area contributed by atoms with Gasteiger partial charge in [0.05, 0.1) is 16.1 Å². The van der Waals surface area contributed by atoms with E-state index in [0.29, 0.717) is 5.56 Å². The van der Waals surface area contributed by atoms with E-state index in [1.165, 1.54) is 36.4 Å². The minimum atomic E-state index is -1.32. The number of benzene rings is 3. The summed E-state index contributed by atoms with van der Waals surface area (Å²) in [5.41, 5.74) is 0.658. The normalized spacial score (nSPS) is 13.2. The molecule has 0 spiro atoms. The van der Waals surface area contributed by atoms with Gasteiger partial charge in [0, 0.05) is 12.5 Å². The molecule has 0 aromatic heterocycles. The summed E-state index contributed by atoms with van der Waals surface area (Å²) < 4.78 is 5.15. The van der Waals surface area contributed by atoms with E-state index in [1.807, 2.05) is 0 Å². The Morgan fingerprint density at radius 2 is 1.46 bits per heavy atom. The lowest BCUT2D eigenvalue weighted by atomic mass is 10.0. The third-order valence-corrected chi connectivity index (χ3v) is 5.40. The van der Waals surface area contributed by atoms with Crippen molar-refractivity contribution in [3.05, 3.63) is 106 Å². The third kappa shape index (κ3) is 4.91. The van der Waals surface area contributed by atoms with Gasteiger partial charge in [-0.3, -0.25) is 29.4 Å². The minimum Gasteiger partial charge on any atom is -0.454 e. The molecule has 0 radical (unpaired) electrons. The maximum atomic E-state index is 13.1. The second kappa shape index (κ2) is 9.96. The van der Waals surface area contributed by atoms with Crippen LogP contribution in [-0.2, 0) is 20.7 Å². The Bertz CT molecular complexity index is 1290. The molecule has 35 heavy (non-hydrogen) atoms. The van der Waals surface area contributed by atoms with Crippen LogP contribution in [0.3, 0.4) is 0 Å². The van der Waals surface area contributed by atoms with Crippen LogP contribution in [0.4, 0.5) is 11.4 Å². The maximum Gasteiger partial charge on any atom is 0.330 e. The van der Waals surface area contributed by atoms with E-state index in [9.17, 15) is 29.3 Å². The highest BCUT2D eigenvalue weighted by Gasteiger charge is 2.43. The topological polar surface area (TPSA) is 136 Å². The van der Waals surface area contributed by atoms with Crippen LogP contribution in [-0.4, -0.2) is 46.2 Å². The van der Waals surface area contributed by atoms with Crippen molar-refractivity contribution in [2.75, 3.05) is 11.9 Å². The number of nitrogens with zero attached hydrogens (tertiary/aromatic N) is 2. The number of esters is 1. The zero-order valence-corrected chi connectivity index (χ0v) is 18.2. The van der Waals surface area contributed by atoms with Gasteiger partial charge < -0.3 is 10.1 Å². The van der Waals surface area contributed by atoms with Crippen molar-refractivity contribution in [3.8, 4) is 0 Å². The predicted molar refractivity (Wildman–Crippen MR) is 124 cm³/mol. The SMILES string of the molecule is O=C(COC(=O)[C@H](Cc1ccccc1)N1C(=O)c2ccccc2C1=O)Nc1ccccc1[N+](=O)[O-]. The van der Waals surface area contributed by atoms with Crippen LogP contribution < -0.4 is 5.32 Å². The lowest BCUT2D eigenvalue weighted by Gasteiger charge is -2.24. The monoisotopic (exact) mass is 473 g/mol. The van der Waals surface area contributed by atoms with E-state index in [0.717, 1.165) is 4.90 Å². The maximum absolute atomic E-state index is 13.1. The number of nitro benzene ring substituents is 1. The summed E-state index contributed by atoms with van der Waals surface area (Å²) in [5.74, 6) is -3.03. The molecule has 1 aliphatic heterocycles. The summed E-state index contributed by atoms with van der Waals surface area (Å²) in [4.78, 5) is 62.7. The number of nitrogens with one attached hydrogen (secondary N) is 1. The summed E-state index contributed by atoms with van der Waals surface area (Å²) in [6, 6.07) is 19.2. The van der Waals surface area contributed by atoms with Crippen LogP contribution in [0.1, 0.15) is 26.3 Å². The van der Waals surface area contributed by atoms with E-state index in [4.69, 9.17) is 4.74 Å². The van der Waals surface area contributed by atoms with Crippen LogP contribution in [0, 0.1) is 10.1 Å². The number of hydrogen-bond donors (Lipinski definition) is 1. The van der Waals surface area contributed by atoms with Gasteiger partial charge in [0.15, 0.2) is 6.61 Å². The Labute approximate surface area is 199 Å². The molecule has 0 unspecified atom stereocenters. The van der Waals surface area contributed by atoms with Crippen LogP contribution in [0.25, 0.3) is 0 Å². The van der Waals surface area contributed by atoms with E-state index < -0.39 is 41.3 Å². The first kappa shape index (κ1) is 23.3. The van der Waals surface area contributed by atoms with Gasteiger partial charge in [0.25, 0.3) is 23.4 Å². The molecule has 0 fully saturated rings. The predicted octanol–water partition coefficient (Wildman–Crippen LogP) is 2.98. The molecular weight excluding hydrogens is 454 g/mol. The molecule has 3 aromatic rings. The smallest absolute Gasteiger partial charge is 0.330 e. The van der Waals surface area contributed by atoms with E-state index in [1.54, 1.807) is 42.5 Å². The number of carbonyl (C=O) groups excluding carboxylic acids is 4. The van der Waals surface area contributed by atoms with Crippen molar-refractivity contribution in [1.82, 2.24) is 4.90 Å². The quantitative estimate of drug-likeness (QED) is 0.230. The molecule has 1 atom stereocenters. The number of anilines is 1. The molecular formula is C25H19N3O7. The molecule has 0 saturated heterocycles. The number of hydrogen-bond acceptors (Lipinski definition) is 7. The van der Waals surface area contributed by atoms with Gasteiger partial charge in [-0.25, -0.2) is 4.79 Å². The highest BCUT2D eigenvalue weighted by molar-refractivity contribution is 6.22. The van der Waals surface area contributed by atoms with Crippen LogP contribution in [0.2, 0.25) is 0 Å². The van der Waals surface area contributed by atoms with Crippen molar-refractivity contribution in [1.29, 1.82) is 0 Å². The van der Waals surface area contributed by atoms with Gasteiger partial charge in [-0.05, 0) is 23.8 Å². The molecule has 1 heterocycles. The second-order valence-electron chi connectivity index (χ2n) is 7.66. The summed E-state index contributed by atoms with van der Waals surface area (Å²) in [6.45, 7) is -0.765. The Kier molecular flexibility index (Phi) is 6.63. The molecule has 0 aliphatic carbocycles. The minimum absolute atomic E-state index is 0.0169. The first-order valence-electron chi connectivity index (χ1n) is 10.6. The van der Waals surface area contributed by atoms with Gasteiger partial charge in [-0.1, -0.05) is 54.6 Å². The zero-order chi connectivity index (χ0) is 24.9. The number of carbonyl (C=O) groups is 4. The van der Waals surface area contributed by atoms with Crippen molar-refractivity contribution in [3.63, 3.8) is 0 Å². The Morgan fingerprint density at radius 3 is 2.09 bits per heavy atom. The van der Waals surface area contributed by atoms with Crippen LogP contribution >= 0.6 is 0 Å². The third-order valence-electron chi connectivity index (χ3n) is 5.40. The van der Waals surface area contributed by atoms with Gasteiger partial charge in [-0.2, -0.15) is 0 Å². The van der Waals surface area contributed by atoms with Crippen molar-refractivity contribution in [2.45, 2.75) is 12.5 Å². The average Bonchev–Trinajstić information content (AvgIpc) is 3.12. The highest BCUT2D eigenvalue weighted by atomic mass is 16.6. The molecule has 10 nitrogen and oxygen atoms in total. The van der Waals surface area contributed by atoms with Crippen molar-refractivity contribution < 1.29 is 28.8 Å². The van der Waals surface area contributed by atoms with Crippen LogP contribution in [0.15, 0.2) is 78.9 Å². The first-order valence-corrected chi connectivity index (χ1v) is 10.6. The fourth-order valence-corrected chi connectivity index (χ4v) is 3.77. The molecule has 10 heteroatoms. The largest absolute Gasteiger partial charge is 0.454 e. The number of imide groups is 1. The second-order valence-corrected chi connectivity index (χ2v) is 7.66. The number of amides is 3. The fraction of sp³-hybridized carbons (Fsp3) is 0.120. The van der Waals surface area contributed by atoms with E-state index >= 15 is 0 Å². The van der Waals surface area contributed by atoms with Gasteiger partial charge >= 0.3 is 5.97 Å². The zero-order valence-electron chi connectivity index (χ0n) is 18.2. The molecule has 0 saturated carbocycles. The molecule has 4 rings (SSSR count). The molecule has 1 N–H and O–H groups in total. The number of fused-ring (bicyclic) bond motifs is 1. The Morgan fingerprint density at radius 1 is 0.886 bits per heavy atom. The lowest BCUT2D eigenvalue weighted by Crippen LogP contribution is -2.47. The first-order chi connectivity index (χ1) is 16.9. The van der Waals surface area contributed by atoms with Crippen molar-refractivity contribution >= 4 is 35.1 Å². The standard InChI is InChI=1S/C25H19N3O7/c29-22(26-19-12-6-7-13-20(19)28(33)34)15-35-25(32)21(14-16-8-2-1-3-9-16)27-23(30)17-10-4-5-11-18(17)24(27)31/h1-13,21H,14-15H2,(H,26,29)/t21-/m0/s1. The molecule has 3 amide bonds. The number of rotatable bonds is 8. The fourth-order valence-electron chi connectivity index (χ4n) is 3.77. The van der Waals surface area contributed by atoms with Crippen LogP contribution in [0.5, 0.6) is 0 Å². The lowest BCUT2D eigenvalue weighted by molar-refractivity contribution is -0.383. The number of ether oxygens (including phenoxy) is 1. The molecule has 176 valence electrons. The average molecular weight is 473 g/mol. The molecule has 3 aromatic carbocycles. The number of para-hydroxylation sites is 2. The number of nitro groups is 1. The van der Waals surface area contributed by atoms with E-state index in [-0.39, 0.29) is 28.9 Å². The molecule has 0 bridgehead atoms. The Hall–Kier alpha value is -4.86. The Balaban J connectivity index is 1.52. The van der Waals surface area contributed by atoms with Gasteiger partial charge in [0.1, 0.15) is 11.7 Å². The summed E-state index contributed by atoms with van der Waals surface area (Å²) in [6.07, 6.45) is -0.0169. The highest BCUT2D eigenvalue weighted by Crippen LogP contribution is 2.27. The van der Waals surface area contributed by atoms with Gasteiger partial charge in [-0.15, -0.1) is 0 Å². The summed E-state index contributed by atoms with van der Waals surface area (Å²) in [7, 11) is 0.